The smallest absolute Gasteiger partial charge is 0.243 e. The molecule has 2 aliphatic heterocycles. The first-order valence-corrected chi connectivity index (χ1v) is 12.7. The van der Waals surface area contributed by atoms with E-state index >= 15 is 0 Å². The molecule has 0 radical (unpaired) electrons. The van der Waals surface area contributed by atoms with Crippen molar-refractivity contribution in [2.75, 3.05) is 67.6 Å². The number of rotatable bonds is 4. The van der Waals surface area contributed by atoms with Crippen molar-refractivity contribution in [2.45, 2.75) is 11.6 Å². The maximum absolute atomic E-state index is 11.1. The van der Waals surface area contributed by atoms with Crippen molar-refractivity contribution in [3.8, 4) is 22.3 Å². The van der Waals surface area contributed by atoms with Crippen molar-refractivity contribution in [3.63, 3.8) is 0 Å². The first-order chi connectivity index (χ1) is 17.0. The van der Waals surface area contributed by atoms with Gasteiger partial charge >= 0.3 is 0 Å². The van der Waals surface area contributed by atoms with Gasteiger partial charge in [0.25, 0.3) is 0 Å². The number of likely N-dealkylation sites (N-methyl/N-ethyl adjacent to an activating group) is 2. The molecule has 190 valence electrons. The summed E-state index contributed by atoms with van der Waals surface area (Å²) in [7, 11) is 8.45. The number of hydrogen-bond acceptors (Lipinski definition) is 4. The highest BCUT2D eigenvalue weighted by Gasteiger charge is 2.43. The molecule has 36 heavy (non-hydrogen) atoms. The van der Waals surface area contributed by atoms with Gasteiger partial charge in [-0.2, -0.15) is 0 Å². The fourth-order valence-corrected chi connectivity index (χ4v) is 5.38. The molecule has 2 aliphatic rings. The third kappa shape index (κ3) is 5.11. The highest BCUT2D eigenvalue weighted by atomic mass is 16.6. The third-order valence-corrected chi connectivity index (χ3v) is 7.58. The minimum Gasteiger partial charge on any atom is -0.357 e. The van der Waals surface area contributed by atoms with Gasteiger partial charge in [0.1, 0.15) is 26.2 Å². The fourth-order valence-electron chi connectivity index (χ4n) is 5.38. The number of aliphatic hydroxyl groups is 2. The Balaban J connectivity index is 1.30. The van der Waals surface area contributed by atoms with Gasteiger partial charge in [-0.15, -0.1) is 0 Å². The third-order valence-electron chi connectivity index (χ3n) is 7.58. The molecule has 5 rings (SSSR count). The van der Waals surface area contributed by atoms with E-state index < -0.39 is 11.6 Å². The van der Waals surface area contributed by atoms with Crippen molar-refractivity contribution in [2.24, 2.45) is 0 Å². The standard InChI is InChI=1S/C30H38N2O4/c1-31(2)17-19-35-29(33,21-31)27-13-9-25(10-14-27)23-5-7-24(8-6-23)26-11-15-28(16-12-26)30(34)22-32(3,4)18-20-36-30/h5-16,33-34H,17-22H2,1-4H3/q+2. The quantitative estimate of drug-likeness (QED) is 0.550. The number of hydrogen-bond donors (Lipinski definition) is 2. The molecule has 3 aromatic carbocycles. The molecule has 2 atom stereocenters. The van der Waals surface area contributed by atoms with Crippen LogP contribution < -0.4 is 0 Å². The Kier molecular flexibility index (Phi) is 6.32. The van der Waals surface area contributed by atoms with E-state index in [4.69, 9.17) is 9.47 Å². The van der Waals surface area contributed by atoms with Crippen molar-refractivity contribution < 1.29 is 28.7 Å². The van der Waals surface area contributed by atoms with E-state index in [0.717, 1.165) is 55.4 Å². The number of morpholine rings is 2. The summed E-state index contributed by atoms with van der Waals surface area (Å²) >= 11 is 0. The lowest BCUT2D eigenvalue weighted by molar-refractivity contribution is -0.912. The lowest BCUT2D eigenvalue weighted by Gasteiger charge is -2.42. The highest BCUT2D eigenvalue weighted by Crippen LogP contribution is 2.33. The van der Waals surface area contributed by atoms with Gasteiger partial charge in [-0.1, -0.05) is 72.8 Å². The highest BCUT2D eigenvalue weighted by molar-refractivity contribution is 5.70. The van der Waals surface area contributed by atoms with Crippen LogP contribution in [0.2, 0.25) is 0 Å². The van der Waals surface area contributed by atoms with Crippen LogP contribution in [-0.2, 0) is 21.0 Å². The van der Waals surface area contributed by atoms with Crippen molar-refractivity contribution in [1.29, 1.82) is 0 Å². The molecule has 2 fully saturated rings. The van der Waals surface area contributed by atoms with Gasteiger partial charge < -0.3 is 28.7 Å². The minimum atomic E-state index is -1.25. The van der Waals surface area contributed by atoms with Gasteiger partial charge in [-0.25, -0.2) is 0 Å². The number of nitrogens with zero attached hydrogens (tertiary/aromatic N) is 2. The second kappa shape index (κ2) is 9.06. The van der Waals surface area contributed by atoms with E-state index in [1.165, 1.54) is 0 Å². The Morgan fingerprint density at radius 1 is 0.528 bits per heavy atom. The Labute approximate surface area is 214 Å². The Morgan fingerprint density at radius 2 is 0.806 bits per heavy atom. The predicted molar refractivity (Wildman–Crippen MR) is 141 cm³/mol. The molecule has 0 bridgehead atoms. The average molecular weight is 491 g/mol. The van der Waals surface area contributed by atoms with Crippen LogP contribution in [0, 0.1) is 0 Å². The monoisotopic (exact) mass is 490 g/mol. The van der Waals surface area contributed by atoms with Gasteiger partial charge in [-0.05, 0) is 22.3 Å². The Hall–Kier alpha value is -2.58. The van der Waals surface area contributed by atoms with E-state index in [1.807, 2.05) is 48.5 Å². The molecule has 6 nitrogen and oxygen atoms in total. The van der Waals surface area contributed by atoms with E-state index in [9.17, 15) is 10.2 Å². The summed E-state index contributed by atoms with van der Waals surface area (Å²) < 4.78 is 13.0. The zero-order chi connectivity index (χ0) is 25.6. The van der Waals surface area contributed by atoms with Crippen LogP contribution >= 0.6 is 0 Å². The van der Waals surface area contributed by atoms with E-state index in [2.05, 4.69) is 52.5 Å². The minimum absolute atomic E-state index is 0.528. The summed E-state index contributed by atoms with van der Waals surface area (Å²) in [5.41, 5.74) is 5.98. The summed E-state index contributed by atoms with van der Waals surface area (Å²) in [6.45, 7) is 3.91. The molecule has 6 heteroatoms. The molecule has 0 aliphatic carbocycles. The van der Waals surface area contributed by atoms with Crippen LogP contribution in [-0.4, -0.2) is 86.8 Å². The van der Waals surface area contributed by atoms with Gasteiger partial charge in [-0.3, -0.25) is 0 Å². The molecule has 0 aromatic heterocycles. The van der Waals surface area contributed by atoms with Gasteiger partial charge in [0.05, 0.1) is 41.4 Å². The summed E-state index contributed by atoms with van der Waals surface area (Å²) in [4.78, 5) is 0. The molecule has 0 spiro atoms. The molecule has 2 unspecified atom stereocenters. The topological polar surface area (TPSA) is 58.9 Å². The molecule has 0 saturated carbocycles. The maximum atomic E-state index is 11.1. The summed E-state index contributed by atoms with van der Waals surface area (Å²) in [6.07, 6.45) is 0. The fraction of sp³-hybridized carbons (Fsp3) is 0.400. The number of quaternary nitrogens is 2. The van der Waals surface area contributed by atoms with Crippen molar-refractivity contribution in [3.05, 3.63) is 83.9 Å². The lowest BCUT2D eigenvalue weighted by atomic mass is 9.96. The molecular formula is C30H38N2O4+2. The first kappa shape index (κ1) is 25.1. The van der Waals surface area contributed by atoms with Crippen LogP contribution in [0.15, 0.2) is 72.8 Å². The zero-order valence-corrected chi connectivity index (χ0v) is 21.8. The normalized spacial score (nSPS) is 27.5. The summed E-state index contributed by atoms with van der Waals surface area (Å²) in [6, 6.07) is 24.5. The Morgan fingerprint density at radius 3 is 1.08 bits per heavy atom. The van der Waals surface area contributed by atoms with Crippen LogP contribution in [0.3, 0.4) is 0 Å². The number of ether oxygens (including phenoxy) is 2. The summed E-state index contributed by atoms with van der Waals surface area (Å²) in [5.74, 6) is -2.50. The number of benzene rings is 3. The van der Waals surface area contributed by atoms with Crippen molar-refractivity contribution >= 4 is 0 Å². The summed E-state index contributed by atoms with van der Waals surface area (Å²) in [5, 5.41) is 22.2. The van der Waals surface area contributed by atoms with Crippen molar-refractivity contribution in [1.82, 2.24) is 0 Å². The van der Waals surface area contributed by atoms with Crippen LogP contribution in [0.25, 0.3) is 22.3 Å². The zero-order valence-electron chi connectivity index (χ0n) is 21.8. The molecule has 0 amide bonds. The van der Waals surface area contributed by atoms with E-state index in [-0.39, 0.29) is 0 Å². The molecule has 2 N–H and O–H groups in total. The lowest BCUT2D eigenvalue weighted by Crippen LogP contribution is -2.57. The SMILES string of the molecule is C[N+]1(C)CCOC(O)(c2ccc(-c3ccc(-c4ccc(C5(O)C[N+](C)(C)CCO5)cc4)cc3)cc2)C1. The molecule has 2 heterocycles. The van der Waals surface area contributed by atoms with Gasteiger partial charge in [0.15, 0.2) is 0 Å². The van der Waals surface area contributed by atoms with E-state index in [0.29, 0.717) is 26.3 Å². The second-order valence-corrected chi connectivity index (χ2v) is 11.6. The van der Waals surface area contributed by atoms with Gasteiger partial charge in [0, 0.05) is 11.1 Å². The molecular weight excluding hydrogens is 452 g/mol. The van der Waals surface area contributed by atoms with Crippen LogP contribution in [0.1, 0.15) is 11.1 Å². The predicted octanol–water partition coefficient (Wildman–Crippen LogP) is 3.52. The van der Waals surface area contributed by atoms with E-state index in [1.54, 1.807) is 0 Å². The molecule has 3 aromatic rings. The average Bonchev–Trinajstić information content (AvgIpc) is 2.83. The van der Waals surface area contributed by atoms with Crippen LogP contribution in [0.4, 0.5) is 0 Å². The van der Waals surface area contributed by atoms with Crippen LogP contribution in [0.5, 0.6) is 0 Å². The van der Waals surface area contributed by atoms with Gasteiger partial charge in [0.2, 0.25) is 11.6 Å². The second-order valence-electron chi connectivity index (χ2n) is 11.6. The largest absolute Gasteiger partial charge is 0.357 e. The maximum Gasteiger partial charge on any atom is 0.243 e. The Bertz CT molecular complexity index is 1110. The first-order valence-electron chi connectivity index (χ1n) is 12.7. The molecule has 2 saturated heterocycles.